The summed E-state index contributed by atoms with van der Waals surface area (Å²) < 4.78 is 0. The van der Waals surface area contributed by atoms with Crippen LogP contribution in [0.3, 0.4) is 0 Å². The number of hydrogen-bond donors (Lipinski definition) is 2. The van der Waals surface area contributed by atoms with Crippen molar-refractivity contribution in [3.8, 4) is 0 Å². The molecule has 3 nitrogen and oxygen atoms in total. The number of hydrogen-bond acceptors (Lipinski definition) is 3. The van der Waals surface area contributed by atoms with Crippen LogP contribution in [0.25, 0.3) is 0 Å². The Kier molecular flexibility index (Phi) is 2.04. The van der Waals surface area contributed by atoms with Gasteiger partial charge < -0.3 is 10.6 Å². The molecule has 2 bridgehead atoms. The predicted molar refractivity (Wildman–Crippen MR) is 52.8 cm³/mol. The van der Waals surface area contributed by atoms with Gasteiger partial charge in [-0.25, -0.2) is 0 Å². The Morgan fingerprint density at radius 2 is 1.77 bits per heavy atom. The second kappa shape index (κ2) is 3.23. The number of fused-ring (bicyclic) bond motifs is 2. The lowest BCUT2D eigenvalue weighted by atomic mass is 10.1. The highest BCUT2D eigenvalue weighted by molar-refractivity contribution is 4.96. The zero-order chi connectivity index (χ0) is 8.67. The minimum Gasteiger partial charge on any atom is -0.315 e. The maximum Gasteiger partial charge on any atom is 0.0234 e. The van der Waals surface area contributed by atoms with Gasteiger partial charge in [0, 0.05) is 37.8 Å². The van der Waals surface area contributed by atoms with Crippen LogP contribution in [-0.2, 0) is 0 Å². The molecule has 13 heavy (non-hydrogen) atoms. The van der Waals surface area contributed by atoms with Gasteiger partial charge in [0.1, 0.15) is 0 Å². The van der Waals surface area contributed by atoms with Crippen molar-refractivity contribution in [1.29, 1.82) is 0 Å². The van der Waals surface area contributed by atoms with E-state index in [0.717, 1.165) is 18.1 Å². The van der Waals surface area contributed by atoms with Crippen molar-refractivity contribution >= 4 is 0 Å². The van der Waals surface area contributed by atoms with Crippen molar-refractivity contribution in [3.05, 3.63) is 0 Å². The van der Waals surface area contributed by atoms with Crippen LogP contribution >= 0.6 is 0 Å². The first-order valence-corrected chi connectivity index (χ1v) is 5.62. The predicted octanol–water partition coefficient (Wildman–Crippen LogP) is -0.215. The van der Waals surface area contributed by atoms with Crippen molar-refractivity contribution in [1.82, 2.24) is 15.5 Å². The fourth-order valence-corrected chi connectivity index (χ4v) is 3.08. The summed E-state index contributed by atoms with van der Waals surface area (Å²) in [5.74, 6) is 0. The Hall–Kier alpha value is -0.120. The highest BCUT2D eigenvalue weighted by atomic mass is 15.3. The molecule has 3 saturated heterocycles. The molecule has 3 heteroatoms. The molecular formula is C10H19N3. The molecule has 3 fully saturated rings. The number of piperazine rings is 1. The van der Waals surface area contributed by atoms with Crippen LogP contribution in [0.1, 0.15) is 19.3 Å². The minimum atomic E-state index is 0.805. The van der Waals surface area contributed by atoms with E-state index in [2.05, 4.69) is 15.5 Å². The highest BCUT2D eigenvalue weighted by Gasteiger charge is 2.35. The minimum absolute atomic E-state index is 0.805. The van der Waals surface area contributed by atoms with Gasteiger partial charge in [0.05, 0.1) is 0 Å². The number of nitrogens with one attached hydrogen (secondary N) is 2. The third-order valence-corrected chi connectivity index (χ3v) is 3.80. The standard InChI is InChI=1S/C10H19N3/c1-2-9-7-13(6-8(1)12-9)10-3-4-11-5-10/h8-12H,1-7H2. The van der Waals surface area contributed by atoms with Gasteiger partial charge in [0.2, 0.25) is 0 Å². The van der Waals surface area contributed by atoms with Crippen LogP contribution in [-0.4, -0.2) is 49.2 Å². The van der Waals surface area contributed by atoms with Gasteiger partial charge in [-0.3, -0.25) is 4.90 Å². The maximum absolute atomic E-state index is 3.68. The average molecular weight is 181 g/mol. The first kappa shape index (κ1) is 8.21. The SMILES string of the molecule is C1CC(N2CC3CCC(C2)N3)CN1. The second-order valence-electron chi connectivity index (χ2n) is 4.74. The van der Waals surface area contributed by atoms with E-state index in [-0.39, 0.29) is 0 Å². The molecule has 0 amide bonds. The molecular weight excluding hydrogens is 162 g/mol. The quantitative estimate of drug-likeness (QED) is 0.586. The fraction of sp³-hybridized carbons (Fsp3) is 1.00. The summed E-state index contributed by atoms with van der Waals surface area (Å²) in [7, 11) is 0. The third-order valence-electron chi connectivity index (χ3n) is 3.80. The Bertz CT molecular complexity index is 177. The van der Waals surface area contributed by atoms with E-state index in [9.17, 15) is 0 Å². The summed E-state index contributed by atoms with van der Waals surface area (Å²) in [4.78, 5) is 2.71. The van der Waals surface area contributed by atoms with E-state index in [1.807, 2.05) is 0 Å². The van der Waals surface area contributed by atoms with E-state index in [0.29, 0.717) is 0 Å². The van der Waals surface area contributed by atoms with Crippen molar-refractivity contribution in [2.45, 2.75) is 37.4 Å². The molecule has 0 aliphatic carbocycles. The summed E-state index contributed by atoms with van der Waals surface area (Å²) in [6, 6.07) is 2.45. The summed E-state index contributed by atoms with van der Waals surface area (Å²) in [5, 5.41) is 7.14. The Balaban J connectivity index is 1.65. The van der Waals surface area contributed by atoms with Gasteiger partial charge in [-0.05, 0) is 25.8 Å². The molecule has 0 saturated carbocycles. The van der Waals surface area contributed by atoms with Gasteiger partial charge in [-0.15, -0.1) is 0 Å². The smallest absolute Gasteiger partial charge is 0.0234 e. The van der Waals surface area contributed by atoms with Crippen LogP contribution in [0.2, 0.25) is 0 Å². The molecule has 3 heterocycles. The van der Waals surface area contributed by atoms with Gasteiger partial charge in [0.15, 0.2) is 0 Å². The van der Waals surface area contributed by atoms with Crippen LogP contribution in [0.5, 0.6) is 0 Å². The Morgan fingerprint density at radius 1 is 1.00 bits per heavy atom. The molecule has 2 N–H and O–H groups in total. The van der Waals surface area contributed by atoms with Gasteiger partial charge in [0.25, 0.3) is 0 Å². The summed E-state index contributed by atoms with van der Waals surface area (Å²) in [5.41, 5.74) is 0. The second-order valence-corrected chi connectivity index (χ2v) is 4.74. The van der Waals surface area contributed by atoms with Gasteiger partial charge >= 0.3 is 0 Å². The van der Waals surface area contributed by atoms with E-state index < -0.39 is 0 Å². The molecule has 3 aliphatic rings. The van der Waals surface area contributed by atoms with E-state index >= 15 is 0 Å². The lowest BCUT2D eigenvalue weighted by Gasteiger charge is -2.36. The molecule has 3 aliphatic heterocycles. The Morgan fingerprint density at radius 3 is 2.38 bits per heavy atom. The van der Waals surface area contributed by atoms with Crippen molar-refractivity contribution in [2.75, 3.05) is 26.2 Å². The van der Waals surface area contributed by atoms with Gasteiger partial charge in [-0.2, -0.15) is 0 Å². The van der Waals surface area contributed by atoms with Crippen molar-refractivity contribution in [2.24, 2.45) is 0 Å². The highest BCUT2D eigenvalue weighted by Crippen LogP contribution is 2.23. The third kappa shape index (κ3) is 1.49. The van der Waals surface area contributed by atoms with Crippen LogP contribution < -0.4 is 10.6 Å². The largest absolute Gasteiger partial charge is 0.315 e. The topological polar surface area (TPSA) is 27.3 Å². The molecule has 3 unspecified atom stereocenters. The lowest BCUT2D eigenvalue weighted by Crippen LogP contribution is -2.54. The van der Waals surface area contributed by atoms with E-state index in [4.69, 9.17) is 0 Å². The molecule has 0 aromatic rings. The van der Waals surface area contributed by atoms with Gasteiger partial charge in [-0.1, -0.05) is 0 Å². The monoisotopic (exact) mass is 181 g/mol. The van der Waals surface area contributed by atoms with E-state index in [1.54, 1.807) is 0 Å². The van der Waals surface area contributed by atoms with Crippen LogP contribution in [0.15, 0.2) is 0 Å². The first-order chi connectivity index (χ1) is 6.42. The number of rotatable bonds is 1. The zero-order valence-corrected chi connectivity index (χ0v) is 8.13. The molecule has 3 atom stereocenters. The molecule has 0 spiro atoms. The summed E-state index contributed by atoms with van der Waals surface area (Å²) in [6.45, 7) is 5.04. The zero-order valence-electron chi connectivity index (χ0n) is 8.13. The summed E-state index contributed by atoms with van der Waals surface area (Å²) >= 11 is 0. The number of nitrogens with zero attached hydrogens (tertiary/aromatic N) is 1. The normalized spacial score (nSPS) is 45.7. The van der Waals surface area contributed by atoms with E-state index in [1.165, 1.54) is 45.4 Å². The summed E-state index contributed by atoms with van der Waals surface area (Å²) in [6.07, 6.45) is 4.17. The first-order valence-electron chi connectivity index (χ1n) is 5.62. The molecule has 74 valence electrons. The van der Waals surface area contributed by atoms with Crippen molar-refractivity contribution < 1.29 is 0 Å². The Labute approximate surface area is 79.9 Å². The van der Waals surface area contributed by atoms with Crippen molar-refractivity contribution in [3.63, 3.8) is 0 Å². The fourth-order valence-electron chi connectivity index (χ4n) is 3.08. The molecule has 0 aromatic carbocycles. The molecule has 0 aromatic heterocycles. The van der Waals surface area contributed by atoms with Crippen LogP contribution in [0.4, 0.5) is 0 Å². The maximum atomic E-state index is 3.68. The van der Waals surface area contributed by atoms with Crippen LogP contribution in [0, 0.1) is 0 Å². The molecule has 0 radical (unpaired) electrons. The average Bonchev–Trinajstić information content (AvgIpc) is 2.75. The lowest BCUT2D eigenvalue weighted by molar-refractivity contribution is 0.149. The number of likely N-dealkylation sites (tertiary alicyclic amines) is 1. The molecule has 3 rings (SSSR count).